The molecule has 0 spiro atoms. The van der Waals surface area contributed by atoms with Crippen molar-refractivity contribution < 1.29 is 23.0 Å². The average molecular weight is 308 g/mol. The highest BCUT2D eigenvalue weighted by molar-refractivity contribution is 5.85. The summed E-state index contributed by atoms with van der Waals surface area (Å²) in [5.74, 6) is -2.53. The van der Waals surface area contributed by atoms with Crippen molar-refractivity contribution in [2.45, 2.75) is 31.9 Å². The summed E-state index contributed by atoms with van der Waals surface area (Å²) in [6.07, 6.45) is -0.825. The quantitative estimate of drug-likeness (QED) is 0.932. The van der Waals surface area contributed by atoms with Gasteiger partial charge in [-0.3, -0.25) is 0 Å². The number of benzene rings is 1. The second-order valence-corrected chi connectivity index (χ2v) is 4.65. The van der Waals surface area contributed by atoms with E-state index < -0.39 is 24.7 Å². The predicted molar refractivity (Wildman–Crippen MR) is 71.6 cm³/mol. The van der Waals surface area contributed by atoms with Gasteiger partial charge in [0.25, 0.3) is 0 Å². The summed E-state index contributed by atoms with van der Waals surface area (Å²) in [6, 6.07) is 4.87. The third kappa shape index (κ3) is 3.72. The number of amides is 1. The lowest BCUT2D eigenvalue weighted by molar-refractivity contribution is -0.104. The Morgan fingerprint density at radius 3 is 2.50 bits per heavy atom. The number of ether oxygens (including phenoxy) is 2. The van der Waals surface area contributed by atoms with E-state index in [0.29, 0.717) is 11.3 Å². The van der Waals surface area contributed by atoms with Gasteiger partial charge in [0.1, 0.15) is 11.8 Å². The molecule has 0 aromatic heterocycles. The zero-order valence-electron chi connectivity index (χ0n) is 11.1. The van der Waals surface area contributed by atoms with Crippen LogP contribution in [0.1, 0.15) is 25.5 Å². The third-order valence-corrected chi connectivity index (χ3v) is 2.67. The van der Waals surface area contributed by atoms with Crippen LogP contribution in [0.5, 0.6) is 5.75 Å². The van der Waals surface area contributed by atoms with Gasteiger partial charge in [-0.05, 0) is 31.5 Å². The zero-order chi connectivity index (χ0) is 14.0. The van der Waals surface area contributed by atoms with Crippen molar-refractivity contribution in [1.82, 2.24) is 5.32 Å². The lowest BCUT2D eigenvalue weighted by Gasteiger charge is -2.31. The largest absolute Gasteiger partial charge is 0.491 e. The van der Waals surface area contributed by atoms with Crippen LogP contribution in [0.3, 0.4) is 0 Å². The first kappa shape index (κ1) is 16.5. The van der Waals surface area contributed by atoms with Gasteiger partial charge < -0.3 is 14.8 Å². The minimum absolute atomic E-state index is 0. The monoisotopic (exact) mass is 307 g/mol. The molecule has 4 nitrogen and oxygen atoms in total. The van der Waals surface area contributed by atoms with Gasteiger partial charge in [0.05, 0.1) is 6.10 Å². The van der Waals surface area contributed by atoms with Crippen molar-refractivity contribution in [3.05, 3.63) is 29.8 Å². The number of cyclic esters (lactones) is 1. The smallest absolute Gasteiger partial charge is 0.408 e. The Morgan fingerprint density at radius 1 is 1.35 bits per heavy atom. The van der Waals surface area contributed by atoms with Gasteiger partial charge in [0, 0.05) is 0 Å². The Bertz CT molecular complexity index is 465. The predicted octanol–water partition coefficient (Wildman–Crippen LogP) is 3.31. The highest BCUT2D eigenvalue weighted by atomic mass is 35.5. The van der Waals surface area contributed by atoms with E-state index in [1.54, 1.807) is 12.1 Å². The first-order valence-electron chi connectivity index (χ1n) is 5.96. The Labute approximate surface area is 121 Å². The van der Waals surface area contributed by atoms with Crippen LogP contribution in [-0.4, -0.2) is 24.7 Å². The van der Waals surface area contributed by atoms with Crippen LogP contribution in [0.2, 0.25) is 0 Å². The van der Waals surface area contributed by atoms with E-state index in [1.807, 2.05) is 13.8 Å². The summed E-state index contributed by atoms with van der Waals surface area (Å²) in [5, 5.41) is 2.13. The molecule has 1 heterocycles. The molecule has 1 atom stereocenters. The van der Waals surface area contributed by atoms with E-state index in [-0.39, 0.29) is 18.5 Å². The molecule has 1 aromatic rings. The molecule has 2 rings (SSSR count). The highest BCUT2D eigenvalue weighted by Crippen LogP contribution is 2.34. The van der Waals surface area contributed by atoms with Crippen LogP contribution in [0.25, 0.3) is 0 Å². The molecule has 1 amide bonds. The zero-order valence-corrected chi connectivity index (χ0v) is 11.9. The van der Waals surface area contributed by atoms with Gasteiger partial charge in [0.2, 0.25) is 0 Å². The fourth-order valence-corrected chi connectivity index (χ4v) is 1.85. The maximum Gasteiger partial charge on any atom is 0.408 e. The third-order valence-electron chi connectivity index (χ3n) is 2.67. The number of alkyl halides is 2. The Morgan fingerprint density at radius 2 is 1.95 bits per heavy atom. The SMILES string of the molecule is CC(C)Oc1ccc([C@H]2NC(=O)OCC2(F)F)cc1.Cl. The number of carbonyl (C=O) groups is 1. The number of carbonyl (C=O) groups excluding carboxylic acids is 1. The molecule has 1 N–H and O–H groups in total. The van der Waals surface area contributed by atoms with Gasteiger partial charge in [0.15, 0.2) is 6.61 Å². The number of hydrogen-bond donors (Lipinski definition) is 1. The number of halogens is 3. The first-order chi connectivity index (χ1) is 8.88. The maximum absolute atomic E-state index is 13.7. The van der Waals surface area contributed by atoms with Crippen molar-refractivity contribution >= 4 is 18.5 Å². The second-order valence-electron chi connectivity index (χ2n) is 4.65. The summed E-state index contributed by atoms with van der Waals surface area (Å²) in [7, 11) is 0. The fraction of sp³-hybridized carbons (Fsp3) is 0.462. The van der Waals surface area contributed by atoms with E-state index >= 15 is 0 Å². The average Bonchev–Trinajstić information content (AvgIpc) is 2.33. The Hall–Kier alpha value is -1.56. The molecule has 0 unspecified atom stereocenters. The number of alkyl carbamates (subject to hydrolysis) is 1. The van der Waals surface area contributed by atoms with Gasteiger partial charge in [-0.2, -0.15) is 0 Å². The van der Waals surface area contributed by atoms with Crippen LogP contribution in [0.4, 0.5) is 13.6 Å². The molecular weight excluding hydrogens is 292 g/mol. The van der Waals surface area contributed by atoms with E-state index in [9.17, 15) is 13.6 Å². The fourth-order valence-electron chi connectivity index (χ4n) is 1.85. The molecule has 0 bridgehead atoms. The summed E-state index contributed by atoms with van der Waals surface area (Å²) in [5.41, 5.74) is 0.317. The number of hydrogen-bond acceptors (Lipinski definition) is 3. The van der Waals surface area contributed by atoms with Crippen molar-refractivity contribution in [3.8, 4) is 5.75 Å². The van der Waals surface area contributed by atoms with Crippen molar-refractivity contribution in [3.63, 3.8) is 0 Å². The minimum Gasteiger partial charge on any atom is -0.491 e. The topological polar surface area (TPSA) is 47.6 Å². The molecule has 112 valence electrons. The van der Waals surface area contributed by atoms with Gasteiger partial charge in [-0.25, -0.2) is 13.6 Å². The van der Waals surface area contributed by atoms with Crippen LogP contribution in [-0.2, 0) is 4.74 Å². The van der Waals surface area contributed by atoms with E-state index in [2.05, 4.69) is 10.1 Å². The summed E-state index contributed by atoms with van der Waals surface area (Å²) >= 11 is 0. The van der Waals surface area contributed by atoms with Crippen molar-refractivity contribution in [2.75, 3.05) is 6.61 Å². The van der Waals surface area contributed by atoms with Crippen molar-refractivity contribution in [1.29, 1.82) is 0 Å². The molecule has 1 aliphatic rings. The van der Waals surface area contributed by atoms with Gasteiger partial charge in [-0.15, -0.1) is 12.4 Å². The lowest BCUT2D eigenvalue weighted by atomic mass is 10.00. The highest BCUT2D eigenvalue weighted by Gasteiger charge is 2.46. The maximum atomic E-state index is 13.7. The molecular formula is C13H16ClF2NO3. The van der Waals surface area contributed by atoms with E-state index in [4.69, 9.17) is 4.74 Å². The van der Waals surface area contributed by atoms with Crippen LogP contribution < -0.4 is 10.1 Å². The molecule has 0 aliphatic carbocycles. The Balaban J connectivity index is 0.00000200. The van der Waals surface area contributed by atoms with Crippen LogP contribution in [0, 0.1) is 0 Å². The second kappa shape index (κ2) is 6.26. The lowest BCUT2D eigenvalue weighted by Crippen LogP contribution is -2.49. The summed E-state index contributed by atoms with van der Waals surface area (Å²) in [4.78, 5) is 11.1. The molecule has 7 heteroatoms. The molecule has 1 saturated heterocycles. The van der Waals surface area contributed by atoms with Crippen molar-refractivity contribution in [2.24, 2.45) is 0 Å². The molecule has 20 heavy (non-hydrogen) atoms. The van der Waals surface area contributed by atoms with E-state index in [0.717, 1.165) is 0 Å². The summed E-state index contributed by atoms with van der Waals surface area (Å²) in [6.45, 7) is 2.84. The molecule has 1 aromatic carbocycles. The van der Waals surface area contributed by atoms with E-state index in [1.165, 1.54) is 12.1 Å². The van der Waals surface area contributed by atoms with Gasteiger partial charge >= 0.3 is 12.0 Å². The first-order valence-corrected chi connectivity index (χ1v) is 5.96. The normalized spacial score (nSPS) is 20.6. The number of rotatable bonds is 3. The minimum atomic E-state index is -3.13. The molecule has 1 fully saturated rings. The Kier molecular flexibility index (Phi) is 5.16. The van der Waals surface area contributed by atoms with Crippen LogP contribution >= 0.6 is 12.4 Å². The summed E-state index contributed by atoms with van der Waals surface area (Å²) < 4.78 is 37.1. The standard InChI is InChI=1S/C13H15F2NO3.ClH/c1-8(2)19-10-5-3-9(4-6-10)11-13(14,15)7-18-12(17)16-11;/h3-6,8,11H,7H2,1-2H3,(H,16,17);1H/t11-;/m1./s1. The number of nitrogens with one attached hydrogen (secondary N) is 1. The molecule has 1 aliphatic heterocycles. The molecule has 0 radical (unpaired) electrons. The molecule has 0 saturated carbocycles. The van der Waals surface area contributed by atoms with Gasteiger partial charge in [-0.1, -0.05) is 12.1 Å². The van der Waals surface area contributed by atoms with Crippen LogP contribution in [0.15, 0.2) is 24.3 Å².